The molecule has 20 heavy (non-hydrogen) atoms. The minimum absolute atomic E-state index is 0.112. The Bertz CT molecular complexity index is 483. The molecule has 106 valence electrons. The van der Waals surface area contributed by atoms with E-state index in [0.717, 1.165) is 5.56 Å². The molecule has 0 aliphatic heterocycles. The SMILES string of the molecule is CN(Cc1ccc(C#N)cc1)C(=O)CNC1CCCC1. The second kappa shape index (κ2) is 7.06. The quantitative estimate of drug-likeness (QED) is 0.891. The highest BCUT2D eigenvalue weighted by molar-refractivity contribution is 5.78. The Morgan fingerprint density at radius 3 is 2.60 bits per heavy atom. The minimum Gasteiger partial charge on any atom is -0.340 e. The van der Waals surface area contributed by atoms with E-state index >= 15 is 0 Å². The Balaban J connectivity index is 1.79. The molecule has 1 saturated carbocycles. The molecule has 0 aromatic heterocycles. The van der Waals surface area contributed by atoms with E-state index in [-0.39, 0.29) is 5.91 Å². The third kappa shape index (κ3) is 4.07. The summed E-state index contributed by atoms with van der Waals surface area (Å²) in [5.41, 5.74) is 1.69. The lowest BCUT2D eigenvalue weighted by Crippen LogP contribution is -2.38. The topological polar surface area (TPSA) is 56.1 Å². The largest absolute Gasteiger partial charge is 0.340 e. The van der Waals surface area contributed by atoms with Crippen molar-refractivity contribution in [1.82, 2.24) is 10.2 Å². The van der Waals surface area contributed by atoms with Crippen molar-refractivity contribution in [3.8, 4) is 6.07 Å². The first-order chi connectivity index (χ1) is 9.69. The Hall–Kier alpha value is -1.86. The molecule has 0 saturated heterocycles. The molecule has 0 spiro atoms. The zero-order valence-corrected chi connectivity index (χ0v) is 11.9. The number of carbonyl (C=O) groups excluding carboxylic acids is 1. The predicted molar refractivity (Wildman–Crippen MR) is 77.9 cm³/mol. The van der Waals surface area contributed by atoms with Crippen LogP contribution >= 0.6 is 0 Å². The molecule has 0 heterocycles. The molecule has 1 aliphatic rings. The number of nitrogens with zero attached hydrogens (tertiary/aromatic N) is 2. The number of carbonyl (C=O) groups is 1. The summed E-state index contributed by atoms with van der Waals surface area (Å²) in [6.07, 6.45) is 4.92. The first-order valence-corrected chi connectivity index (χ1v) is 7.15. The van der Waals surface area contributed by atoms with Gasteiger partial charge in [0.05, 0.1) is 18.2 Å². The minimum atomic E-state index is 0.112. The van der Waals surface area contributed by atoms with Crippen LogP contribution in [0.25, 0.3) is 0 Å². The van der Waals surface area contributed by atoms with Crippen molar-refractivity contribution in [3.63, 3.8) is 0 Å². The van der Waals surface area contributed by atoms with E-state index in [1.165, 1.54) is 25.7 Å². The van der Waals surface area contributed by atoms with Gasteiger partial charge in [0.2, 0.25) is 5.91 Å². The number of benzene rings is 1. The molecule has 1 aliphatic carbocycles. The molecule has 4 heteroatoms. The van der Waals surface area contributed by atoms with Gasteiger partial charge in [0.1, 0.15) is 0 Å². The van der Waals surface area contributed by atoms with Gasteiger partial charge in [-0.25, -0.2) is 0 Å². The number of hydrogen-bond donors (Lipinski definition) is 1. The molecule has 0 atom stereocenters. The van der Waals surface area contributed by atoms with E-state index in [1.54, 1.807) is 17.0 Å². The summed E-state index contributed by atoms with van der Waals surface area (Å²) in [5.74, 6) is 0.112. The molecule has 4 nitrogen and oxygen atoms in total. The smallest absolute Gasteiger partial charge is 0.236 e. The molecular weight excluding hydrogens is 250 g/mol. The first-order valence-electron chi connectivity index (χ1n) is 7.15. The maximum Gasteiger partial charge on any atom is 0.236 e. The van der Waals surface area contributed by atoms with Crippen LogP contribution in [0, 0.1) is 11.3 Å². The van der Waals surface area contributed by atoms with E-state index in [2.05, 4.69) is 11.4 Å². The van der Waals surface area contributed by atoms with Gasteiger partial charge in [-0.3, -0.25) is 4.79 Å². The summed E-state index contributed by atoms with van der Waals surface area (Å²) in [6, 6.07) is 9.96. The molecule has 1 amide bonds. The average Bonchev–Trinajstić information content (AvgIpc) is 2.98. The molecule has 1 fully saturated rings. The van der Waals surface area contributed by atoms with Crippen molar-refractivity contribution in [2.75, 3.05) is 13.6 Å². The predicted octanol–water partition coefficient (Wildman–Crippen LogP) is 2.05. The highest BCUT2D eigenvalue weighted by atomic mass is 16.2. The zero-order valence-electron chi connectivity index (χ0n) is 11.9. The summed E-state index contributed by atoms with van der Waals surface area (Å²) in [7, 11) is 1.82. The van der Waals surface area contributed by atoms with Crippen LogP contribution in [0.3, 0.4) is 0 Å². The lowest BCUT2D eigenvalue weighted by Gasteiger charge is -2.19. The number of likely N-dealkylation sites (N-methyl/N-ethyl adjacent to an activating group) is 1. The van der Waals surface area contributed by atoms with Gasteiger partial charge in [-0.2, -0.15) is 5.26 Å². The van der Waals surface area contributed by atoms with Gasteiger partial charge in [-0.1, -0.05) is 25.0 Å². The summed E-state index contributed by atoms with van der Waals surface area (Å²) in [5, 5.41) is 12.1. The van der Waals surface area contributed by atoms with Gasteiger partial charge in [0, 0.05) is 19.6 Å². The van der Waals surface area contributed by atoms with Crippen molar-refractivity contribution in [1.29, 1.82) is 5.26 Å². The van der Waals surface area contributed by atoms with Crippen LogP contribution in [0.15, 0.2) is 24.3 Å². The van der Waals surface area contributed by atoms with E-state index in [0.29, 0.717) is 24.7 Å². The standard InChI is InChI=1S/C16H21N3O/c1-19(12-14-8-6-13(10-17)7-9-14)16(20)11-18-15-4-2-3-5-15/h6-9,15,18H,2-5,11-12H2,1H3. The van der Waals surface area contributed by atoms with Crippen LogP contribution in [0.2, 0.25) is 0 Å². The molecule has 0 bridgehead atoms. The molecule has 2 rings (SSSR count). The molecule has 0 unspecified atom stereocenters. The monoisotopic (exact) mass is 271 g/mol. The lowest BCUT2D eigenvalue weighted by molar-refractivity contribution is -0.129. The summed E-state index contributed by atoms with van der Waals surface area (Å²) >= 11 is 0. The number of amides is 1. The molecule has 1 aromatic carbocycles. The number of nitriles is 1. The van der Waals surface area contributed by atoms with Crippen LogP contribution in [-0.4, -0.2) is 30.4 Å². The molecule has 0 radical (unpaired) electrons. The fraction of sp³-hybridized carbons (Fsp3) is 0.500. The Labute approximate surface area is 120 Å². The third-order valence-corrected chi connectivity index (χ3v) is 3.83. The second-order valence-corrected chi connectivity index (χ2v) is 5.42. The number of hydrogen-bond acceptors (Lipinski definition) is 3. The van der Waals surface area contributed by atoms with Crippen molar-refractivity contribution >= 4 is 5.91 Å². The normalized spacial score (nSPS) is 15.0. The third-order valence-electron chi connectivity index (χ3n) is 3.83. The maximum atomic E-state index is 12.0. The second-order valence-electron chi connectivity index (χ2n) is 5.42. The van der Waals surface area contributed by atoms with E-state index in [1.807, 2.05) is 19.2 Å². The van der Waals surface area contributed by atoms with Crippen molar-refractivity contribution in [2.24, 2.45) is 0 Å². The van der Waals surface area contributed by atoms with Gasteiger partial charge in [-0.15, -0.1) is 0 Å². The van der Waals surface area contributed by atoms with Gasteiger partial charge >= 0.3 is 0 Å². The summed E-state index contributed by atoms with van der Waals surface area (Å²) < 4.78 is 0. The highest BCUT2D eigenvalue weighted by Crippen LogP contribution is 2.17. The Kier molecular flexibility index (Phi) is 5.14. The summed E-state index contributed by atoms with van der Waals surface area (Å²) in [4.78, 5) is 13.8. The Morgan fingerprint density at radius 2 is 2.00 bits per heavy atom. The van der Waals surface area contributed by atoms with Crippen molar-refractivity contribution < 1.29 is 4.79 Å². The van der Waals surface area contributed by atoms with Crippen LogP contribution in [0.5, 0.6) is 0 Å². The first kappa shape index (κ1) is 14.5. The average molecular weight is 271 g/mol. The van der Waals surface area contributed by atoms with Crippen LogP contribution in [-0.2, 0) is 11.3 Å². The van der Waals surface area contributed by atoms with Crippen molar-refractivity contribution in [2.45, 2.75) is 38.3 Å². The lowest BCUT2D eigenvalue weighted by atomic mass is 10.1. The maximum absolute atomic E-state index is 12.0. The van der Waals surface area contributed by atoms with Gasteiger partial charge in [-0.05, 0) is 30.5 Å². The fourth-order valence-corrected chi connectivity index (χ4v) is 2.54. The highest BCUT2D eigenvalue weighted by Gasteiger charge is 2.16. The van der Waals surface area contributed by atoms with Crippen molar-refractivity contribution in [3.05, 3.63) is 35.4 Å². The van der Waals surface area contributed by atoms with E-state index in [9.17, 15) is 4.79 Å². The van der Waals surface area contributed by atoms with Crippen LogP contribution < -0.4 is 5.32 Å². The van der Waals surface area contributed by atoms with Gasteiger partial charge < -0.3 is 10.2 Å². The fourth-order valence-electron chi connectivity index (χ4n) is 2.54. The molecule has 1 N–H and O–H groups in total. The number of nitrogens with one attached hydrogen (secondary N) is 1. The van der Waals surface area contributed by atoms with E-state index < -0.39 is 0 Å². The number of rotatable bonds is 5. The van der Waals surface area contributed by atoms with Crippen LogP contribution in [0.1, 0.15) is 36.8 Å². The zero-order chi connectivity index (χ0) is 14.4. The molecule has 1 aromatic rings. The van der Waals surface area contributed by atoms with Crippen LogP contribution in [0.4, 0.5) is 0 Å². The summed E-state index contributed by atoms with van der Waals surface area (Å²) in [6.45, 7) is 0.994. The van der Waals surface area contributed by atoms with Gasteiger partial charge in [0.25, 0.3) is 0 Å². The van der Waals surface area contributed by atoms with E-state index in [4.69, 9.17) is 5.26 Å². The van der Waals surface area contributed by atoms with Gasteiger partial charge in [0.15, 0.2) is 0 Å². The molecular formula is C16H21N3O. The Morgan fingerprint density at radius 1 is 1.35 bits per heavy atom.